The van der Waals surface area contributed by atoms with E-state index in [1.807, 2.05) is 0 Å². The molecule has 0 aromatic heterocycles. The summed E-state index contributed by atoms with van der Waals surface area (Å²) in [5.74, 6) is -1.71. The Bertz CT molecular complexity index is 967. The molecule has 0 spiro atoms. The summed E-state index contributed by atoms with van der Waals surface area (Å²) in [6.07, 6.45) is 0.651. The molecule has 1 N–H and O–H groups in total. The van der Waals surface area contributed by atoms with Gasteiger partial charge in [0.15, 0.2) is 9.84 Å². The summed E-state index contributed by atoms with van der Waals surface area (Å²) in [6.45, 7) is 1.74. The average Bonchev–Trinajstić information content (AvgIpc) is 2.82. The predicted molar refractivity (Wildman–Crippen MR) is 92.6 cm³/mol. The number of halogens is 2. The van der Waals surface area contributed by atoms with Gasteiger partial charge in [0.2, 0.25) is 0 Å². The van der Waals surface area contributed by atoms with E-state index in [1.54, 1.807) is 6.92 Å². The summed E-state index contributed by atoms with van der Waals surface area (Å²) >= 11 is 3.14. The third kappa shape index (κ3) is 2.54. The van der Waals surface area contributed by atoms with Crippen molar-refractivity contribution in [2.45, 2.75) is 31.8 Å². The van der Waals surface area contributed by atoms with Crippen LogP contribution in [0.2, 0.25) is 0 Å². The number of carbonyl (C=O) groups is 1. The van der Waals surface area contributed by atoms with Crippen LogP contribution in [-0.4, -0.2) is 26.2 Å². The lowest BCUT2D eigenvalue weighted by Gasteiger charge is -2.33. The lowest BCUT2D eigenvalue weighted by atomic mass is 9.85. The standard InChI is InChI=1S/C17H15BrFNO4S/c1-8-15-14(17(21)24-8)13(9-4-5-11(19)10(18)7-9)16-12(20-15)3-2-6-25(16,22)23/h4-5,7-8,13,20H,2-3,6H2,1H3/t8-,13+/m1/s1. The monoisotopic (exact) mass is 427 g/mol. The molecular weight excluding hydrogens is 413 g/mol. The van der Waals surface area contributed by atoms with Crippen molar-refractivity contribution >= 4 is 31.7 Å². The molecule has 3 aliphatic heterocycles. The average molecular weight is 428 g/mol. The van der Waals surface area contributed by atoms with E-state index in [0.29, 0.717) is 35.4 Å². The third-order valence-corrected chi connectivity index (χ3v) is 7.37. The van der Waals surface area contributed by atoms with E-state index in [2.05, 4.69) is 21.2 Å². The maximum absolute atomic E-state index is 13.7. The molecule has 0 aliphatic carbocycles. The largest absolute Gasteiger partial charge is 0.453 e. The number of esters is 1. The SMILES string of the molecule is C[C@H]1OC(=O)C2=C1NC1=C([C@H]2c2ccc(F)c(Br)c2)S(=O)(=O)CCC1. The molecule has 5 nitrogen and oxygen atoms in total. The van der Waals surface area contributed by atoms with Gasteiger partial charge in [-0.25, -0.2) is 17.6 Å². The van der Waals surface area contributed by atoms with E-state index in [0.717, 1.165) is 0 Å². The molecule has 4 rings (SSSR count). The van der Waals surface area contributed by atoms with Gasteiger partial charge in [0.25, 0.3) is 0 Å². The zero-order valence-electron chi connectivity index (χ0n) is 13.3. The Morgan fingerprint density at radius 3 is 2.84 bits per heavy atom. The lowest BCUT2D eigenvalue weighted by Crippen LogP contribution is -2.35. The number of ether oxygens (including phenoxy) is 1. The van der Waals surface area contributed by atoms with Crippen molar-refractivity contribution in [1.29, 1.82) is 0 Å². The first-order valence-corrected chi connectivity index (χ1v) is 10.4. The Kier molecular flexibility index (Phi) is 3.81. The second kappa shape index (κ2) is 5.67. The molecule has 0 saturated heterocycles. The molecule has 3 heterocycles. The van der Waals surface area contributed by atoms with Crippen LogP contribution < -0.4 is 5.32 Å². The van der Waals surface area contributed by atoms with Crippen LogP contribution >= 0.6 is 15.9 Å². The number of nitrogens with one attached hydrogen (secondary N) is 1. The molecule has 0 bridgehead atoms. The summed E-state index contributed by atoms with van der Waals surface area (Å²) in [6, 6.07) is 4.31. The Morgan fingerprint density at radius 1 is 1.36 bits per heavy atom. The highest BCUT2D eigenvalue weighted by Crippen LogP contribution is 2.47. The number of cyclic esters (lactones) is 1. The van der Waals surface area contributed by atoms with E-state index in [9.17, 15) is 17.6 Å². The van der Waals surface area contributed by atoms with Gasteiger partial charge >= 0.3 is 5.97 Å². The Labute approximate surface area is 153 Å². The highest BCUT2D eigenvalue weighted by molar-refractivity contribution is 9.10. The summed E-state index contributed by atoms with van der Waals surface area (Å²) in [4.78, 5) is 12.6. The summed E-state index contributed by atoms with van der Waals surface area (Å²) < 4.78 is 44.7. The molecule has 0 fully saturated rings. The van der Waals surface area contributed by atoms with Gasteiger partial charge in [0, 0.05) is 5.70 Å². The van der Waals surface area contributed by atoms with Crippen LogP contribution in [0.15, 0.2) is 44.5 Å². The molecule has 0 unspecified atom stereocenters. The normalized spacial score (nSPS) is 27.6. The zero-order chi connectivity index (χ0) is 17.9. The number of rotatable bonds is 1. The van der Waals surface area contributed by atoms with Gasteiger partial charge in [0.05, 0.1) is 32.3 Å². The topological polar surface area (TPSA) is 72.5 Å². The molecule has 1 aromatic rings. The van der Waals surface area contributed by atoms with Crippen LogP contribution in [0.4, 0.5) is 4.39 Å². The van der Waals surface area contributed by atoms with Crippen molar-refractivity contribution in [3.05, 3.63) is 55.9 Å². The minimum Gasteiger partial charge on any atom is -0.453 e. The van der Waals surface area contributed by atoms with Gasteiger partial charge in [-0.3, -0.25) is 0 Å². The van der Waals surface area contributed by atoms with Gasteiger partial charge in [-0.05, 0) is 53.4 Å². The summed E-state index contributed by atoms with van der Waals surface area (Å²) in [5.41, 5.74) is 2.06. The van der Waals surface area contributed by atoms with Gasteiger partial charge < -0.3 is 10.1 Å². The fourth-order valence-electron chi connectivity index (χ4n) is 3.70. The van der Waals surface area contributed by atoms with Crippen molar-refractivity contribution in [2.75, 3.05) is 5.75 Å². The number of dihydropyridines is 1. The minimum atomic E-state index is -3.52. The number of allylic oxidation sites excluding steroid dienone is 2. The molecule has 132 valence electrons. The molecule has 0 saturated carbocycles. The van der Waals surface area contributed by atoms with E-state index in [-0.39, 0.29) is 15.1 Å². The number of hydrogen-bond acceptors (Lipinski definition) is 5. The molecule has 0 amide bonds. The molecule has 1 aromatic carbocycles. The molecule has 2 atom stereocenters. The van der Waals surface area contributed by atoms with E-state index >= 15 is 0 Å². The fraction of sp³-hybridized carbons (Fsp3) is 0.353. The van der Waals surface area contributed by atoms with Crippen molar-refractivity contribution in [3.63, 3.8) is 0 Å². The second-order valence-corrected chi connectivity index (χ2v) is 9.30. The van der Waals surface area contributed by atoms with Crippen LogP contribution in [0.25, 0.3) is 0 Å². The van der Waals surface area contributed by atoms with Gasteiger partial charge in [-0.1, -0.05) is 6.07 Å². The highest BCUT2D eigenvalue weighted by atomic mass is 79.9. The quantitative estimate of drug-likeness (QED) is 0.697. The van der Waals surface area contributed by atoms with E-state index in [4.69, 9.17) is 4.74 Å². The third-order valence-electron chi connectivity index (χ3n) is 4.79. The molecule has 0 radical (unpaired) electrons. The van der Waals surface area contributed by atoms with Crippen molar-refractivity contribution in [1.82, 2.24) is 5.32 Å². The van der Waals surface area contributed by atoms with Crippen LogP contribution in [0.3, 0.4) is 0 Å². The summed E-state index contributed by atoms with van der Waals surface area (Å²) in [7, 11) is -3.52. The first-order valence-electron chi connectivity index (χ1n) is 7.92. The van der Waals surface area contributed by atoms with Crippen molar-refractivity contribution in [2.24, 2.45) is 0 Å². The van der Waals surface area contributed by atoms with E-state index < -0.39 is 33.6 Å². The van der Waals surface area contributed by atoms with Gasteiger partial charge in [-0.2, -0.15) is 0 Å². The first-order chi connectivity index (χ1) is 11.8. The predicted octanol–water partition coefficient (Wildman–Crippen LogP) is 2.89. The van der Waals surface area contributed by atoms with Gasteiger partial charge in [-0.15, -0.1) is 0 Å². The highest BCUT2D eigenvalue weighted by Gasteiger charge is 2.47. The lowest BCUT2D eigenvalue weighted by molar-refractivity contribution is -0.139. The zero-order valence-corrected chi connectivity index (χ0v) is 15.7. The Balaban J connectivity index is 1.98. The molecule has 25 heavy (non-hydrogen) atoms. The number of carbonyl (C=O) groups excluding carboxylic acids is 1. The fourth-order valence-corrected chi connectivity index (χ4v) is 5.98. The number of benzene rings is 1. The molecule has 3 aliphatic rings. The van der Waals surface area contributed by atoms with Crippen molar-refractivity contribution < 1.29 is 22.3 Å². The summed E-state index contributed by atoms with van der Waals surface area (Å²) in [5, 5.41) is 3.13. The minimum absolute atomic E-state index is 0.0413. The number of hydrogen-bond donors (Lipinski definition) is 1. The van der Waals surface area contributed by atoms with E-state index in [1.165, 1.54) is 18.2 Å². The maximum Gasteiger partial charge on any atom is 0.337 e. The van der Waals surface area contributed by atoms with Gasteiger partial charge in [0.1, 0.15) is 11.9 Å². The Morgan fingerprint density at radius 2 is 2.12 bits per heavy atom. The van der Waals surface area contributed by atoms with Crippen molar-refractivity contribution in [3.8, 4) is 0 Å². The number of sulfone groups is 1. The first kappa shape index (κ1) is 16.8. The van der Waals surface area contributed by atoms with Crippen LogP contribution in [0.5, 0.6) is 0 Å². The van der Waals surface area contributed by atoms with Crippen LogP contribution in [0.1, 0.15) is 31.2 Å². The maximum atomic E-state index is 13.7. The van der Waals surface area contributed by atoms with Crippen LogP contribution in [0, 0.1) is 5.82 Å². The Hall–Kier alpha value is -1.67. The second-order valence-electron chi connectivity index (χ2n) is 6.37. The molecule has 8 heteroatoms. The molecular formula is C17H15BrFNO4S. The van der Waals surface area contributed by atoms with Crippen LogP contribution in [-0.2, 0) is 19.4 Å². The smallest absolute Gasteiger partial charge is 0.337 e.